The first-order valence-corrected chi connectivity index (χ1v) is 9.69. The summed E-state index contributed by atoms with van der Waals surface area (Å²) in [4.78, 5) is 28.2. The molecule has 0 radical (unpaired) electrons. The van der Waals surface area contributed by atoms with Crippen molar-refractivity contribution in [1.29, 1.82) is 0 Å². The maximum absolute atomic E-state index is 12.5. The largest absolute Gasteiger partial charge is 0.495 e. The van der Waals surface area contributed by atoms with Gasteiger partial charge < -0.3 is 15.0 Å². The second kappa shape index (κ2) is 10.3. The lowest BCUT2D eigenvalue weighted by molar-refractivity contribution is -0.131. The van der Waals surface area contributed by atoms with Gasteiger partial charge in [0.2, 0.25) is 11.8 Å². The highest BCUT2D eigenvalue weighted by atomic mass is 35.5. The number of hydrogen-bond donors (Lipinski definition) is 1. The predicted octanol–water partition coefficient (Wildman–Crippen LogP) is 3.49. The standard InChI is InChI=1S/C22H28ClN3O3/c1-15-6-7-17(16(2)10-15)12-26(4)22(28)14-25(3)13-21(27)24-19-11-18(23)8-9-20(19)29-5/h6-11H,12-14H2,1-5H3,(H,24,27). The molecule has 0 aliphatic rings. The van der Waals surface area contributed by atoms with Crippen LogP contribution in [-0.2, 0) is 16.1 Å². The first-order chi connectivity index (χ1) is 13.7. The molecule has 0 saturated carbocycles. The van der Waals surface area contributed by atoms with Gasteiger partial charge in [-0.25, -0.2) is 0 Å². The van der Waals surface area contributed by atoms with Crippen molar-refractivity contribution in [2.24, 2.45) is 0 Å². The van der Waals surface area contributed by atoms with Crippen LogP contribution >= 0.6 is 11.6 Å². The van der Waals surface area contributed by atoms with Gasteiger partial charge in [0.15, 0.2) is 0 Å². The summed E-state index contributed by atoms with van der Waals surface area (Å²) in [5, 5.41) is 3.27. The molecule has 0 saturated heterocycles. The van der Waals surface area contributed by atoms with E-state index in [4.69, 9.17) is 16.3 Å². The molecule has 156 valence electrons. The van der Waals surface area contributed by atoms with Gasteiger partial charge in [-0.05, 0) is 50.2 Å². The summed E-state index contributed by atoms with van der Waals surface area (Å²) in [6.45, 7) is 4.83. The highest BCUT2D eigenvalue weighted by Crippen LogP contribution is 2.27. The van der Waals surface area contributed by atoms with Crippen LogP contribution in [0.3, 0.4) is 0 Å². The molecular weight excluding hydrogens is 390 g/mol. The highest BCUT2D eigenvalue weighted by Gasteiger charge is 2.16. The van der Waals surface area contributed by atoms with Gasteiger partial charge in [0.1, 0.15) is 5.75 Å². The Morgan fingerprint density at radius 3 is 2.45 bits per heavy atom. The average Bonchev–Trinajstić information content (AvgIpc) is 2.63. The number of halogens is 1. The fraction of sp³-hybridized carbons (Fsp3) is 0.364. The normalized spacial score (nSPS) is 10.7. The van der Waals surface area contributed by atoms with Gasteiger partial charge in [-0.2, -0.15) is 0 Å². The molecule has 0 unspecified atom stereocenters. The van der Waals surface area contributed by atoms with Crippen LogP contribution in [0.5, 0.6) is 5.75 Å². The molecule has 6 nitrogen and oxygen atoms in total. The minimum Gasteiger partial charge on any atom is -0.495 e. The van der Waals surface area contributed by atoms with E-state index in [0.29, 0.717) is 23.0 Å². The second-order valence-corrected chi connectivity index (χ2v) is 7.68. The average molecular weight is 418 g/mol. The SMILES string of the molecule is COc1ccc(Cl)cc1NC(=O)CN(C)CC(=O)N(C)Cc1ccc(C)cc1C. The number of ether oxygens (including phenoxy) is 1. The molecule has 0 aromatic heterocycles. The van der Waals surface area contributed by atoms with E-state index in [9.17, 15) is 9.59 Å². The number of methoxy groups -OCH3 is 1. The third-order valence-corrected chi connectivity index (χ3v) is 4.82. The van der Waals surface area contributed by atoms with Crippen LogP contribution in [0.2, 0.25) is 5.02 Å². The summed E-state index contributed by atoms with van der Waals surface area (Å²) < 4.78 is 5.23. The fourth-order valence-electron chi connectivity index (χ4n) is 2.99. The van der Waals surface area contributed by atoms with Gasteiger partial charge in [-0.1, -0.05) is 35.4 Å². The monoisotopic (exact) mass is 417 g/mol. The molecule has 29 heavy (non-hydrogen) atoms. The van der Waals surface area contributed by atoms with E-state index in [0.717, 1.165) is 11.1 Å². The van der Waals surface area contributed by atoms with Crippen LogP contribution in [0.15, 0.2) is 36.4 Å². The number of amides is 2. The molecule has 0 spiro atoms. The Kier molecular flexibility index (Phi) is 8.05. The van der Waals surface area contributed by atoms with Crippen molar-refractivity contribution in [3.05, 3.63) is 58.1 Å². The number of benzene rings is 2. The molecule has 1 N–H and O–H groups in total. The van der Waals surface area contributed by atoms with Crippen LogP contribution in [0.4, 0.5) is 5.69 Å². The van der Waals surface area contributed by atoms with Crippen molar-refractivity contribution in [1.82, 2.24) is 9.80 Å². The van der Waals surface area contributed by atoms with Gasteiger partial charge in [0.25, 0.3) is 0 Å². The topological polar surface area (TPSA) is 61.9 Å². The molecule has 0 bridgehead atoms. The quantitative estimate of drug-likeness (QED) is 0.714. The number of rotatable bonds is 8. The maximum atomic E-state index is 12.5. The summed E-state index contributed by atoms with van der Waals surface area (Å²) in [6, 6.07) is 11.2. The zero-order valence-electron chi connectivity index (χ0n) is 17.6. The van der Waals surface area contributed by atoms with E-state index in [2.05, 4.69) is 11.4 Å². The van der Waals surface area contributed by atoms with Crippen molar-refractivity contribution < 1.29 is 14.3 Å². The maximum Gasteiger partial charge on any atom is 0.238 e. The molecule has 0 aliphatic heterocycles. The lowest BCUT2D eigenvalue weighted by Crippen LogP contribution is -2.39. The fourth-order valence-corrected chi connectivity index (χ4v) is 3.16. The Hall–Kier alpha value is -2.57. The summed E-state index contributed by atoms with van der Waals surface area (Å²) in [5.41, 5.74) is 3.96. The molecule has 0 heterocycles. The molecule has 0 atom stereocenters. The van der Waals surface area contributed by atoms with Crippen LogP contribution in [0.25, 0.3) is 0 Å². The van der Waals surface area contributed by atoms with Crippen LogP contribution in [-0.4, -0.2) is 55.9 Å². The number of carbonyl (C=O) groups excluding carboxylic acids is 2. The zero-order chi connectivity index (χ0) is 21.6. The van der Waals surface area contributed by atoms with Crippen molar-refractivity contribution in [2.45, 2.75) is 20.4 Å². The molecule has 2 aromatic rings. The lowest BCUT2D eigenvalue weighted by atomic mass is 10.1. The van der Waals surface area contributed by atoms with E-state index in [-0.39, 0.29) is 24.9 Å². The predicted molar refractivity (Wildman–Crippen MR) is 117 cm³/mol. The Morgan fingerprint density at radius 1 is 1.07 bits per heavy atom. The van der Waals surface area contributed by atoms with E-state index in [1.807, 2.05) is 26.0 Å². The molecule has 0 fully saturated rings. The van der Waals surface area contributed by atoms with Gasteiger partial charge in [0, 0.05) is 18.6 Å². The number of hydrogen-bond acceptors (Lipinski definition) is 4. The number of aryl methyl sites for hydroxylation is 2. The van der Waals surface area contributed by atoms with Gasteiger partial charge in [0.05, 0.1) is 25.9 Å². The summed E-state index contributed by atoms with van der Waals surface area (Å²) in [5.74, 6) is 0.216. The molecule has 2 aromatic carbocycles. The van der Waals surface area contributed by atoms with Crippen LogP contribution in [0.1, 0.15) is 16.7 Å². The number of likely N-dealkylation sites (N-methyl/N-ethyl adjacent to an activating group) is 2. The van der Waals surface area contributed by atoms with E-state index >= 15 is 0 Å². The molecule has 7 heteroatoms. The van der Waals surface area contributed by atoms with E-state index < -0.39 is 0 Å². The van der Waals surface area contributed by atoms with Gasteiger partial charge in [-0.15, -0.1) is 0 Å². The minimum atomic E-state index is -0.252. The Labute approximate surface area is 177 Å². The molecule has 2 rings (SSSR count). The minimum absolute atomic E-state index is 0.0550. The van der Waals surface area contributed by atoms with Gasteiger partial charge in [-0.3, -0.25) is 14.5 Å². The lowest BCUT2D eigenvalue weighted by Gasteiger charge is -2.22. The first-order valence-electron chi connectivity index (χ1n) is 9.31. The molecular formula is C22H28ClN3O3. The van der Waals surface area contributed by atoms with Crippen molar-refractivity contribution in [3.8, 4) is 5.75 Å². The Morgan fingerprint density at radius 2 is 1.79 bits per heavy atom. The Balaban J connectivity index is 1.89. The van der Waals surface area contributed by atoms with Crippen molar-refractivity contribution >= 4 is 29.1 Å². The van der Waals surface area contributed by atoms with E-state index in [1.165, 1.54) is 12.7 Å². The third kappa shape index (κ3) is 6.76. The number of carbonyl (C=O) groups is 2. The van der Waals surface area contributed by atoms with Crippen LogP contribution in [0, 0.1) is 13.8 Å². The van der Waals surface area contributed by atoms with E-state index in [1.54, 1.807) is 42.1 Å². The number of nitrogens with zero attached hydrogens (tertiary/aromatic N) is 2. The van der Waals surface area contributed by atoms with Gasteiger partial charge >= 0.3 is 0 Å². The smallest absolute Gasteiger partial charge is 0.238 e. The van der Waals surface area contributed by atoms with Crippen molar-refractivity contribution in [3.63, 3.8) is 0 Å². The number of nitrogens with one attached hydrogen (secondary N) is 1. The third-order valence-electron chi connectivity index (χ3n) is 4.59. The second-order valence-electron chi connectivity index (χ2n) is 7.24. The van der Waals surface area contributed by atoms with Crippen LogP contribution < -0.4 is 10.1 Å². The number of anilines is 1. The first kappa shape index (κ1) is 22.7. The summed E-state index contributed by atoms with van der Waals surface area (Å²) in [7, 11) is 5.03. The zero-order valence-corrected chi connectivity index (χ0v) is 18.3. The van der Waals surface area contributed by atoms with Crippen molar-refractivity contribution in [2.75, 3.05) is 39.6 Å². The molecule has 0 aliphatic carbocycles. The Bertz CT molecular complexity index is 886. The summed E-state index contributed by atoms with van der Waals surface area (Å²) in [6.07, 6.45) is 0. The highest BCUT2D eigenvalue weighted by molar-refractivity contribution is 6.31. The molecule has 2 amide bonds. The summed E-state index contributed by atoms with van der Waals surface area (Å²) >= 11 is 5.99.